The highest BCUT2D eigenvalue weighted by molar-refractivity contribution is 6.91. The SMILES string of the molecule is CCOc1ccc2c(c1)CC(NCCCCO)C(=O)N2c1ccc(CN2C(=O)[C@@]3(O[C@@H](CC(=O)N4CCC[C@H]4CO)[C@H]([Si](C)(C)c4ccc(OC)cc4)[C@H]3C)c3cc(OC)ccc32)cc1. The van der Waals surface area contributed by atoms with Gasteiger partial charge in [-0.1, -0.05) is 49.5 Å². The van der Waals surface area contributed by atoms with Crippen molar-refractivity contribution in [2.75, 3.05) is 56.9 Å². The molecular formula is C51H64N4O9Si. The minimum atomic E-state index is -2.54. The van der Waals surface area contributed by atoms with Crippen LogP contribution in [-0.4, -0.2) is 106 Å². The van der Waals surface area contributed by atoms with E-state index in [1.165, 1.54) is 5.19 Å². The number of unbranched alkanes of at least 4 members (excludes halogenated alkanes) is 1. The molecule has 13 nitrogen and oxygen atoms in total. The first-order chi connectivity index (χ1) is 31.4. The van der Waals surface area contributed by atoms with E-state index in [1.54, 1.807) is 28.9 Å². The van der Waals surface area contributed by atoms with Crippen LogP contribution in [0.5, 0.6) is 17.2 Å². The van der Waals surface area contributed by atoms with Crippen LogP contribution in [0.2, 0.25) is 18.6 Å². The van der Waals surface area contributed by atoms with Crippen molar-refractivity contribution in [1.29, 1.82) is 0 Å². The van der Waals surface area contributed by atoms with Gasteiger partial charge < -0.3 is 44.3 Å². The number of likely N-dealkylation sites (tertiary alicyclic amines) is 1. The van der Waals surface area contributed by atoms with Gasteiger partial charge >= 0.3 is 0 Å². The maximum atomic E-state index is 15.6. The van der Waals surface area contributed by atoms with Gasteiger partial charge in [0, 0.05) is 30.3 Å². The highest BCUT2D eigenvalue weighted by atomic mass is 28.3. The summed E-state index contributed by atoms with van der Waals surface area (Å²) in [5, 5.41) is 24.1. The number of carbonyl (C=O) groups excluding carboxylic acids is 3. The molecule has 4 heterocycles. The zero-order valence-electron chi connectivity index (χ0n) is 38.5. The van der Waals surface area contributed by atoms with E-state index in [0.717, 1.165) is 58.8 Å². The molecule has 8 rings (SSSR count). The Morgan fingerprint density at radius 2 is 1.62 bits per heavy atom. The third kappa shape index (κ3) is 8.55. The number of hydrogen-bond acceptors (Lipinski definition) is 10. The van der Waals surface area contributed by atoms with E-state index in [-0.39, 0.29) is 61.4 Å². The number of fused-ring (bicyclic) bond motifs is 3. The number of anilines is 3. The quantitative estimate of drug-likeness (QED) is 0.0828. The van der Waals surface area contributed by atoms with Crippen LogP contribution in [0.15, 0.2) is 84.9 Å². The molecule has 0 bridgehead atoms. The average molecular weight is 905 g/mol. The van der Waals surface area contributed by atoms with Crippen LogP contribution in [0.1, 0.15) is 62.6 Å². The molecule has 4 aromatic carbocycles. The monoisotopic (exact) mass is 904 g/mol. The predicted molar refractivity (Wildman–Crippen MR) is 253 cm³/mol. The number of hydrogen-bond donors (Lipinski definition) is 3. The van der Waals surface area contributed by atoms with Crippen LogP contribution in [0.3, 0.4) is 0 Å². The van der Waals surface area contributed by atoms with Crippen molar-refractivity contribution in [2.45, 2.75) is 101 Å². The summed E-state index contributed by atoms with van der Waals surface area (Å²) in [6, 6.07) is 26.8. The molecule has 2 saturated heterocycles. The van der Waals surface area contributed by atoms with Crippen molar-refractivity contribution in [3.63, 3.8) is 0 Å². The summed E-state index contributed by atoms with van der Waals surface area (Å²) in [6.07, 6.45) is 3.03. The molecule has 0 radical (unpaired) electrons. The molecule has 2 fully saturated rings. The number of carbonyl (C=O) groups is 3. The van der Waals surface area contributed by atoms with Crippen molar-refractivity contribution in [3.05, 3.63) is 102 Å². The van der Waals surface area contributed by atoms with Crippen LogP contribution in [-0.2, 0) is 37.7 Å². The van der Waals surface area contributed by atoms with E-state index in [1.807, 2.05) is 79.7 Å². The van der Waals surface area contributed by atoms with E-state index < -0.39 is 25.8 Å². The Labute approximate surface area is 383 Å². The molecule has 1 unspecified atom stereocenters. The van der Waals surface area contributed by atoms with Gasteiger partial charge in [0.15, 0.2) is 5.60 Å². The Kier molecular flexibility index (Phi) is 13.7. The summed E-state index contributed by atoms with van der Waals surface area (Å²) >= 11 is 0. The summed E-state index contributed by atoms with van der Waals surface area (Å²) in [4.78, 5) is 49.4. The third-order valence-corrected chi connectivity index (χ3v) is 18.7. The minimum absolute atomic E-state index is 0.0642. The van der Waals surface area contributed by atoms with Crippen molar-refractivity contribution in [3.8, 4) is 17.2 Å². The number of methoxy groups -OCH3 is 2. The third-order valence-electron chi connectivity index (χ3n) is 14.4. The number of aliphatic hydroxyl groups excluding tert-OH is 2. The van der Waals surface area contributed by atoms with Gasteiger partial charge in [-0.15, -0.1) is 0 Å². The summed E-state index contributed by atoms with van der Waals surface area (Å²) in [5.74, 6) is 1.45. The molecule has 3 N–H and O–H groups in total. The maximum Gasteiger partial charge on any atom is 0.264 e. The lowest BCUT2D eigenvalue weighted by atomic mass is 9.82. The van der Waals surface area contributed by atoms with Gasteiger partial charge in [0.25, 0.3) is 5.91 Å². The highest BCUT2D eigenvalue weighted by Crippen LogP contribution is 2.60. The minimum Gasteiger partial charge on any atom is -0.497 e. The first kappa shape index (κ1) is 46.3. The summed E-state index contributed by atoms with van der Waals surface area (Å²) in [7, 11) is 0.723. The number of amides is 3. The Morgan fingerprint density at radius 1 is 0.908 bits per heavy atom. The molecule has 1 spiro atoms. The lowest BCUT2D eigenvalue weighted by molar-refractivity contribution is -0.150. The molecule has 0 saturated carbocycles. The number of nitrogens with one attached hydrogen (secondary N) is 1. The summed E-state index contributed by atoms with van der Waals surface area (Å²) in [6.45, 7) is 10.6. The number of nitrogens with zero attached hydrogens (tertiary/aromatic N) is 3. The Hall–Kier alpha value is -5.25. The van der Waals surface area contributed by atoms with Crippen molar-refractivity contribution in [1.82, 2.24) is 10.2 Å². The standard InChI is InChI=1S/C51H64N4O9Si/c1-7-63-40-19-22-44-35(27-40)28-43(52-24-8-9-26-56)49(59)55(44)36-14-12-34(13-15-36)31-54-45-23-18-39(62-4)29-42(45)51(50(54)60)33(2)48(65(5,6)41-20-16-38(61-3)17-21-41)46(64-51)30-47(58)53-25-10-11-37(53)32-57/h12-23,27,29,33,37,43,46,48,52,56-57H,7-11,24-26,28,30-32H2,1-6H3/t33-,37+,43?,46+,48-,51+/m1/s1. The van der Waals surface area contributed by atoms with Gasteiger partial charge in [-0.05, 0) is 123 Å². The largest absolute Gasteiger partial charge is 0.497 e. The van der Waals surface area contributed by atoms with Crippen LogP contribution in [0.25, 0.3) is 0 Å². The van der Waals surface area contributed by atoms with E-state index in [2.05, 4.69) is 37.5 Å². The van der Waals surface area contributed by atoms with Gasteiger partial charge in [0.1, 0.15) is 17.2 Å². The smallest absolute Gasteiger partial charge is 0.264 e. The number of rotatable bonds is 17. The van der Waals surface area contributed by atoms with Crippen molar-refractivity contribution < 1.29 is 43.5 Å². The highest BCUT2D eigenvalue weighted by Gasteiger charge is 2.66. The zero-order valence-corrected chi connectivity index (χ0v) is 39.5. The first-order valence-electron chi connectivity index (χ1n) is 23.2. The Balaban J connectivity index is 1.13. The molecule has 3 amide bonds. The molecule has 65 heavy (non-hydrogen) atoms. The maximum absolute atomic E-state index is 15.6. The second-order valence-corrected chi connectivity index (χ2v) is 23.1. The molecule has 0 aliphatic carbocycles. The second kappa shape index (κ2) is 19.3. The van der Waals surface area contributed by atoms with Crippen LogP contribution >= 0.6 is 0 Å². The van der Waals surface area contributed by atoms with E-state index in [9.17, 15) is 19.8 Å². The number of aliphatic hydroxyl groups is 2. The summed E-state index contributed by atoms with van der Waals surface area (Å²) in [5.41, 5.74) is 3.25. The molecule has 346 valence electrons. The van der Waals surface area contributed by atoms with Crippen molar-refractivity contribution in [2.24, 2.45) is 5.92 Å². The molecule has 0 aromatic heterocycles. The Bertz CT molecular complexity index is 2360. The average Bonchev–Trinajstić information content (AvgIpc) is 3.98. The molecule has 6 atom stereocenters. The van der Waals surface area contributed by atoms with Crippen LogP contribution < -0.4 is 34.5 Å². The molecule has 4 aliphatic heterocycles. The van der Waals surface area contributed by atoms with E-state index >= 15 is 4.79 Å². The molecule has 4 aromatic rings. The predicted octanol–water partition coefficient (Wildman–Crippen LogP) is 6.19. The number of benzene rings is 4. The number of ether oxygens (including phenoxy) is 4. The first-order valence-corrected chi connectivity index (χ1v) is 26.2. The van der Waals surface area contributed by atoms with Gasteiger partial charge in [-0.2, -0.15) is 0 Å². The summed E-state index contributed by atoms with van der Waals surface area (Å²) < 4.78 is 24.4. The van der Waals surface area contributed by atoms with Gasteiger partial charge in [-0.3, -0.25) is 19.3 Å². The molecule has 4 aliphatic rings. The normalized spacial score (nSPS) is 23.9. The Morgan fingerprint density at radius 3 is 2.31 bits per heavy atom. The fraction of sp³-hybridized carbons (Fsp3) is 0.471. The lowest BCUT2D eigenvalue weighted by Crippen LogP contribution is -2.52. The van der Waals surface area contributed by atoms with E-state index in [0.29, 0.717) is 44.0 Å². The fourth-order valence-corrected chi connectivity index (χ4v) is 15.1. The molecular weight excluding hydrogens is 841 g/mol. The van der Waals surface area contributed by atoms with Crippen molar-refractivity contribution >= 4 is 48.0 Å². The van der Waals surface area contributed by atoms with Crippen LogP contribution in [0.4, 0.5) is 17.1 Å². The molecule has 14 heteroatoms. The van der Waals surface area contributed by atoms with Crippen LogP contribution in [0, 0.1) is 5.92 Å². The zero-order chi connectivity index (χ0) is 46.0. The van der Waals surface area contributed by atoms with Gasteiger partial charge in [-0.25, -0.2) is 0 Å². The van der Waals surface area contributed by atoms with E-state index in [4.69, 9.17) is 18.9 Å². The topological polar surface area (TPSA) is 150 Å². The lowest BCUT2D eigenvalue weighted by Gasteiger charge is -2.37. The van der Waals surface area contributed by atoms with Gasteiger partial charge in [0.05, 0.1) is 78.0 Å². The fourth-order valence-electron chi connectivity index (χ4n) is 11.1. The van der Waals surface area contributed by atoms with Gasteiger partial charge in [0.2, 0.25) is 11.8 Å². The second-order valence-electron chi connectivity index (χ2n) is 18.4.